The van der Waals surface area contributed by atoms with Gasteiger partial charge in [0, 0.05) is 12.1 Å². The van der Waals surface area contributed by atoms with Crippen LogP contribution in [0.3, 0.4) is 0 Å². The zero-order valence-electron chi connectivity index (χ0n) is 11.8. The first-order chi connectivity index (χ1) is 10.3. The summed E-state index contributed by atoms with van der Waals surface area (Å²) >= 11 is 5.08. The Kier molecular flexibility index (Phi) is 5.29. The second-order valence-electron chi connectivity index (χ2n) is 4.27. The molecule has 0 spiro atoms. The standard InChI is InChI=1S/C16H17N3OS/c1-3-10-17-16(21)19-18-11-14-13-7-5-4-6-12(13)8-9-15(14)20-2/h3-9,11H,1,10H2,2H3,(H2,17,19,21)/b18-11-. The normalized spacial score (nSPS) is 10.5. The summed E-state index contributed by atoms with van der Waals surface area (Å²) in [5, 5.41) is 9.76. The average molecular weight is 299 g/mol. The van der Waals surface area contributed by atoms with Crippen LogP contribution in [-0.2, 0) is 0 Å². The lowest BCUT2D eigenvalue weighted by Crippen LogP contribution is -2.31. The second kappa shape index (κ2) is 7.40. The van der Waals surface area contributed by atoms with Crippen LogP contribution in [0.15, 0.2) is 54.2 Å². The molecule has 0 fully saturated rings. The lowest BCUT2D eigenvalue weighted by Gasteiger charge is -2.09. The van der Waals surface area contributed by atoms with Crippen LogP contribution in [0, 0.1) is 0 Å². The number of thiocarbonyl (C=S) groups is 1. The maximum absolute atomic E-state index is 5.40. The van der Waals surface area contributed by atoms with Gasteiger partial charge in [-0.1, -0.05) is 36.4 Å². The molecule has 2 aromatic carbocycles. The molecule has 0 bridgehead atoms. The van der Waals surface area contributed by atoms with Crippen LogP contribution in [0.4, 0.5) is 0 Å². The highest BCUT2D eigenvalue weighted by atomic mass is 32.1. The van der Waals surface area contributed by atoms with E-state index in [-0.39, 0.29) is 0 Å². The van der Waals surface area contributed by atoms with Gasteiger partial charge in [0.1, 0.15) is 5.75 Å². The van der Waals surface area contributed by atoms with Crippen LogP contribution in [0.5, 0.6) is 5.75 Å². The fraction of sp³-hybridized carbons (Fsp3) is 0.125. The van der Waals surface area contributed by atoms with Crippen molar-refractivity contribution in [1.82, 2.24) is 10.7 Å². The molecule has 0 amide bonds. The summed E-state index contributed by atoms with van der Waals surface area (Å²) in [7, 11) is 1.64. The van der Waals surface area contributed by atoms with E-state index < -0.39 is 0 Å². The molecule has 21 heavy (non-hydrogen) atoms. The summed E-state index contributed by atoms with van der Waals surface area (Å²) in [6.07, 6.45) is 3.44. The largest absolute Gasteiger partial charge is 0.496 e. The molecule has 108 valence electrons. The van der Waals surface area contributed by atoms with Crippen molar-refractivity contribution in [3.8, 4) is 5.75 Å². The van der Waals surface area contributed by atoms with E-state index in [0.717, 1.165) is 22.1 Å². The van der Waals surface area contributed by atoms with Gasteiger partial charge in [-0.25, -0.2) is 0 Å². The minimum absolute atomic E-state index is 0.449. The van der Waals surface area contributed by atoms with Gasteiger partial charge in [0.15, 0.2) is 5.11 Å². The van der Waals surface area contributed by atoms with Crippen LogP contribution in [0.1, 0.15) is 5.56 Å². The van der Waals surface area contributed by atoms with Gasteiger partial charge in [-0.2, -0.15) is 5.10 Å². The predicted octanol–water partition coefficient (Wildman–Crippen LogP) is 2.83. The van der Waals surface area contributed by atoms with Crippen molar-refractivity contribution in [2.24, 2.45) is 5.10 Å². The van der Waals surface area contributed by atoms with Crippen molar-refractivity contribution < 1.29 is 4.74 Å². The molecule has 0 aromatic heterocycles. The summed E-state index contributed by atoms with van der Waals surface area (Å²) in [4.78, 5) is 0. The van der Waals surface area contributed by atoms with E-state index in [0.29, 0.717) is 11.7 Å². The Bertz CT molecular complexity index is 682. The highest BCUT2D eigenvalue weighted by Crippen LogP contribution is 2.26. The Labute approximate surface area is 129 Å². The number of nitrogens with zero attached hydrogens (tertiary/aromatic N) is 1. The minimum atomic E-state index is 0.449. The molecule has 0 aliphatic heterocycles. The average Bonchev–Trinajstić information content (AvgIpc) is 2.53. The molecule has 0 radical (unpaired) electrons. The Morgan fingerprint density at radius 3 is 2.90 bits per heavy atom. The summed E-state index contributed by atoms with van der Waals surface area (Å²) in [5.41, 5.74) is 3.68. The van der Waals surface area contributed by atoms with Crippen molar-refractivity contribution in [2.45, 2.75) is 0 Å². The lowest BCUT2D eigenvalue weighted by molar-refractivity contribution is 0.415. The van der Waals surface area contributed by atoms with Crippen LogP contribution < -0.4 is 15.5 Å². The topological polar surface area (TPSA) is 45.7 Å². The maximum atomic E-state index is 5.40. The third-order valence-electron chi connectivity index (χ3n) is 2.92. The van der Waals surface area contributed by atoms with Gasteiger partial charge in [0.2, 0.25) is 0 Å². The Balaban J connectivity index is 2.24. The first-order valence-electron chi connectivity index (χ1n) is 6.50. The molecule has 0 heterocycles. The molecule has 2 aromatic rings. The quantitative estimate of drug-likeness (QED) is 0.386. The van der Waals surface area contributed by atoms with Crippen molar-refractivity contribution in [1.29, 1.82) is 0 Å². The van der Waals surface area contributed by atoms with Gasteiger partial charge in [0.25, 0.3) is 0 Å². The molecular weight excluding hydrogens is 282 g/mol. The van der Waals surface area contributed by atoms with Gasteiger partial charge < -0.3 is 10.1 Å². The number of methoxy groups -OCH3 is 1. The highest BCUT2D eigenvalue weighted by Gasteiger charge is 2.05. The summed E-state index contributed by atoms with van der Waals surface area (Å²) in [5.74, 6) is 0.768. The fourth-order valence-corrected chi connectivity index (χ4v) is 2.08. The zero-order valence-corrected chi connectivity index (χ0v) is 12.6. The number of ether oxygens (including phenoxy) is 1. The Hall–Kier alpha value is -2.40. The molecule has 0 saturated carbocycles. The molecule has 2 N–H and O–H groups in total. The van der Waals surface area contributed by atoms with E-state index in [4.69, 9.17) is 17.0 Å². The van der Waals surface area contributed by atoms with E-state index in [1.54, 1.807) is 19.4 Å². The highest BCUT2D eigenvalue weighted by molar-refractivity contribution is 7.80. The van der Waals surface area contributed by atoms with Crippen molar-refractivity contribution >= 4 is 34.3 Å². The number of benzene rings is 2. The van der Waals surface area contributed by atoms with Crippen molar-refractivity contribution in [2.75, 3.05) is 13.7 Å². The molecule has 0 aliphatic carbocycles. The number of hydrazone groups is 1. The number of nitrogens with one attached hydrogen (secondary N) is 2. The summed E-state index contributed by atoms with van der Waals surface area (Å²) in [6, 6.07) is 12.0. The summed E-state index contributed by atoms with van der Waals surface area (Å²) in [6.45, 7) is 4.21. The van der Waals surface area contributed by atoms with Gasteiger partial charge in [0.05, 0.1) is 13.3 Å². The van der Waals surface area contributed by atoms with Gasteiger partial charge in [-0.15, -0.1) is 6.58 Å². The van der Waals surface area contributed by atoms with E-state index in [2.05, 4.69) is 28.5 Å². The zero-order chi connectivity index (χ0) is 15.1. The van der Waals surface area contributed by atoms with Gasteiger partial charge in [-0.3, -0.25) is 5.43 Å². The summed E-state index contributed by atoms with van der Waals surface area (Å²) < 4.78 is 5.40. The van der Waals surface area contributed by atoms with Crippen LogP contribution >= 0.6 is 12.2 Å². The molecule has 4 nitrogen and oxygen atoms in total. The van der Waals surface area contributed by atoms with E-state index in [9.17, 15) is 0 Å². The monoisotopic (exact) mass is 299 g/mol. The van der Waals surface area contributed by atoms with Gasteiger partial charge in [-0.05, 0) is 29.1 Å². The molecular formula is C16H17N3OS. The SMILES string of the molecule is C=CCNC(=S)N/N=C\c1c(OC)ccc2ccccc12. The molecule has 0 unspecified atom stereocenters. The van der Waals surface area contributed by atoms with Crippen LogP contribution in [0.25, 0.3) is 10.8 Å². The Morgan fingerprint density at radius 1 is 1.33 bits per heavy atom. The first-order valence-corrected chi connectivity index (χ1v) is 6.90. The molecule has 5 heteroatoms. The smallest absolute Gasteiger partial charge is 0.187 e. The third kappa shape index (κ3) is 3.79. The van der Waals surface area contributed by atoms with Crippen LogP contribution in [-0.4, -0.2) is 25.0 Å². The minimum Gasteiger partial charge on any atom is -0.496 e. The number of rotatable bonds is 5. The lowest BCUT2D eigenvalue weighted by atomic mass is 10.0. The maximum Gasteiger partial charge on any atom is 0.187 e. The van der Waals surface area contributed by atoms with E-state index in [1.807, 2.05) is 30.3 Å². The predicted molar refractivity (Wildman–Crippen MR) is 92.0 cm³/mol. The van der Waals surface area contributed by atoms with Crippen molar-refractivity contribution in [3.05, 3.63) is 54.6 Å². The first kappa shape index (κ1) is 15.0. The molecule has 2 rings (SSSR count). The second-order valence-corrected chi connectivity index (χ2v) is 4.68. The fourth-order valence-electron chi connectivity index (χ4n) is 1.95. The van der Waals surface area contributed by atoms with Gasteiger partial charge >= 0.3 is 0 Å². The number of fused-ring (bicyclic) bond motifs is 1. The molecule has 0 saturated heterocycles. The van der Waals surface area contributed by atoms with Crippen LogP contribution in [0.2, 0.25) is 0 Å². The van der Waals surface area contributed by atoms with Crippen molar-refractivity contribution in [3.63, 3.8) is 0 Å². The molecule has 0 atom stereocenters. The van der Waals surface area contributed by atoms with E-state index in [1.165, 1.54) is 0 Å². The van der Waals surface area contributed by atoms with E-state index >= 15 is 0 Å². The molecule has 0 aliphatic rings. The third-order valence-corrected chi connectivity index (χ3v) is 3.15. The number of hydrogen-bond acceptors (Lipinski definition) is 3. The number of hydrogen-bond donors (Lipinski definition) is 2. The Morgan fingerprint density at radius 2 is 2.14 bits per heavy atom.